The summed E-state index contributed by atoms with van der Waals surface area (Å²) in [4.78, 5) is 18.1. The Morgan fingerprint density at radius 1 is 1.50 bits per heavy atom. The average Bonchev–Trinajstić information content (AvgIpc) is 3.27. The molecule has 22 heavy (non-hydrogen) atoms. The van der Waals surface area contributed by atoms with Crippen molar-refractivity contribution in [1.82, 2.24) is 19.7 Å². The molecule has 3 rings (SSSR count). The highest BCUT2D eigenvalue weighted by molar-refractivity contribution is 5.88. The molecule has 116 valence electrons. The van der Waals surface area contributed by atoms with E-state index in [-0.39, 0.29) is 6.03 Å². The van der Waals surface area contributed by atoms with Gasteiger partial charge in [0.15, 0.2) is 0 Å². The number of hydrogen-bond acceptors (Lipinski definition) is 3. The van der Waals surface area contributed by atoms with E-state index in [9.17, 15) is 4.79 Å². The summed E-state index contributed by atoms with van der Waals surface area (Å²) in [6.07, 6.45) is 5.96. The number of anilines is 1. The third-order valence-electron chi connectivity index (χ3n) is 4.02. The van der Waals surface area contributed by atoms with E-state index in [2.05, 4.69) is 15.4 Å². The number of nitrogens with one attached hydrogen (secondary N) is 1. The van der Waals surface area contributed by atoms with E-state index in [1.807, 2.05) is 32.3 Å². The summed E-state index contributed by atoms with van der Waals surface area (Å²) in [6, 6.07) is 3.77. The average molecular weight is 299 g/mol. The molecule has 2 amide bonds. The van der Waals surface area contributed by atoms with Gasteiger partial charge in [-0.25, -0.2) is 4.79 Å². The normalized spacial score (nSPS) is 14.0. The second-order valence-corrected chi connectivity index (χ2v) is 5.94. The lowest BCUT2D eigenvalue weighted by molar-refractivity contribution is 0.220. The van der Waals surface area contributed by atoms with Crippen LogP contribution in [0.25, 0.3) is 0 Å². The lowest BCUT2D eigenvalue weighted by Gasteiger charge is -2.18. The van der Waals surface area contributed by atoms with Crippen molar-refractivity contribution in [3.8, 4) is 0 Å². The third-order valence-corrected chi connectivity index (χ3v) is 4.02. The summed E-state index contributed by atoms with van der Waals surface area (Å²) in [5, 5.41) is 7.38. The summed E-state index contributed by atoms with van der Waals surface area (Å²) in [5.41, 5.74) is 3.25. The molecule has 1 N–H and O–H groups in total. The van der Waals surface area contributed by atoms with Crippen LogP contribution < -0.4 is 5.32 Å². The first-order chi connectivity index (χ1) is 10.5. The number of carbonyl (C=O) groups is 1. The molecule has 2 aromatic rings. The fourth-order valence-corrected chi connectivity index (χ4v) is 2.40. The maximum Gasteiger partial charge on any atom is 0.323 e. The van der Waals surface area contributed by atoms with Gasteiger partial charge in [0.2, 0.25) is 0 Å². The maximum absolute atomic E-state index is 12.3. The van der Waals surface area contributed by atoms with Crippen molar-refractivity contribution in [2.24, 2.45) is 7.05 Å². The molecule has 0 aliphatic heterocycles. The SMILES string of the molecule is Cc1cnccc1CN(C)C(=O)Nc1cc(C2CC2)nn1C. The molecule has 0 atom stereocenters. The van der Waals surface area contributed by atoms with Crippen molar-refractivity contribution >= 4 is 11.8 Å². The van der Waals surface area contributed by atoms with Crippen LogP contribution in [0.15, 0.2) is 24.5 Å². The Morgan fingerprint density at radius 3 is 2.95 bits per heavy atom. The first-order valence-corrected chi connectivity index (χ1v) is 7.50. The molecule has 0 saturated heterocycles. The van der Waals surface area contributed by atoms with Gasteiger partial charge in [0.1, 0.15) is 5.82 Å². The van der Waals surface area contributed by atoms with Crippen LogP contribution in [-0.4, -0.2) is 32.7 Å². The van der Waals surface area contributed by atoms with Crippen molar-refractivity contribution in [2.75, 3.05) is 12.4 Å². The summed E-state index contributed by atoms with van der Waals surface area (Å²) < 4.78 is 1.73. The van der Waals surface area contributed by atoms with Gasteiger partial charge in [-0.15, -0.1) is 0 Å². The van der Waals surface area contributed by atoms with E-state index in [1.54, 1.807) is 22.8 Å². The topological polar surface area (TPSA) is 63.1 Å². The number of urea groups is 1. The van der Waals surface area contributed by atoms with Crippen LogP contribution in [0.5, 0.6) is 0 Å². The second-order valence-electron chi connectivity index (χ2n) is 5.94. The minimum Gasteiger partial charge on any atom is -0.323 e. The predicted molar refractivity (Wildman–Crippen MR) is 84.6 cm³/mol. The zero-order valence-electron chi connectivity index (χ0n) is 13.2. The Bertz CT molecular complexity index is 690. The smallest absolute Gasteiger partial charge is 0.323 e. The van der Waals surface area contributed by atoms with Crippen LogP contribution in [-0.2, 0) is 13.6 Å². The Labute approximate surface area is 130 Å². The number of amides is 2. The number of pyridine rings is 1. The number of aryl methyl sites for hydroxylation is 2. The van der Waals surface area contributed by atoms with Crippen molar-refractivity contribution < 1.29 is 4.79 Å². The highest BCUT2D eigenvalue weighted by Gasteiger charge is 2.27. The Hall–Kier alpha value is -2.37. The van der Waals surface area contributed by atoms with E-state index >= 15 is 0 Å². The van der Waals surface area contributed by atoms with Crippen molar-refractivity contribution in [2.45, 2.75) is 32.2 Å². The van der Waals surface area contributed by atoms with E-state index in [4.69, 9.17) is 0 Å². The Kier molecular flexibility index (Phi) is 3.83. The summed E-state index contributed by atoms with van der Waals surface area (Å²) in [6.45, 7) is 2.55. The van der Waals surface area contributed by atoms with Gasteiger partial charge in [-0.1, -0.05) is 0 Å². The highest BCUT2D eigenvalue weighted by Crippen LogP contribution is 2.39. The quantitative estimate of drug-likeness (QED) is 0.944. The molecule has 2 aromatic heterocycles. The second kappa shape index (κ2) is 5.79. The number of carbonyl (C=O) groups excluding carboxylic acids is 1. The molecular weight excluding hydrogens is 278 g/mol. The van der Waals surface area contributed by atoms with Crippen molar-refractivity contribution in [3.63, 3.8) is 0 Å². The summed E-state index contributed by atoms with van der Waals surface area (Å²) >= 11 is 0. The van der Waals surface area contributed by atoms with Gasteiger partial charge < -0.3 is 4.90 Å². The summed E-state index contributed by atoms with van der Waals surface area (Å²) in [7, 11) is 3.64. The lowest BCUT2D eigenvalue weighted by Crippen LogP contribution is -2.31. The molecule has 0 spiro atoms. The number of hydrogen-bond donors (Lipinski definition) is 1. The lowest BCUT2D eigenvalue weighted by atomic mass is 10.1. The van der Waals surface area contributed by atoms with Gasteiger partial charge in [-0.3, -0.25) is 15.0 Å². The maximum atomic E-state index is 12.3. The molecule has 0 bridgehead atoms. The van der Waals surface area contributed by atoms with Crippen LogP contribution in [0.4, 0.5) is 10.6 Å². The standard InChI is InChI=1S/C16H21N5O/c1-11-9-17-7-6-13(11)10-20(2)16(22)18-15-8-14(12-4-5-12)19-21(15)3/h6-9,12H,4-5,10H2,1-3H3,(H,18,22). The molecule has 1 saturated carbocycles. The minimum absolute atomic E-state index is 0.137. The molecule has 1 aliphatic rings. The predicted octanol–water partition coefficient (Wildman–Crippen LogP) is 2.66. The number of rotatable bonds is 4. The van der Waals surface area contributed by atoms with E-state index in [1.165, 1.54) is 12.8 Å². The van der Waals surface area contributed by atoms with Gasteiger partial charge in [-0.2, -0.15) is 5.10 Å². The highest BCUT2D eigenvalue weighted by atomic mass is 16.2. The molecule has 0 radical (unpaired) electrons. The van der Waals surface area contributed by atoms with Crippen molar-refractivity contribution in [3.05, 3.63) is 41.3 Å². The van der Waals surface area contributed by atoms with Gasteiger partial charge in [-0.05, 0) is 37.0 Å². The minimum atomic E-state index is -0.137. The van der Waals surface area contributed by atoms with Gasteiger partial charge >= 0.3 is 6.03 Å². The van der Waals surface area contributed by atoms with Crippen LogP contribution >= 0.6 is 0 Å². The number of nitrogens with zero attached hydrogens (tertiary/aromatic N) is 4. The zero-order chi connectivity index (χ0) is 15.7. The molecule has 2 heterocycles. The molecular formula is C16H21N5O. The monoisotopic (exact) mass is 299 g/mol. The van der Waals surface area contributed by atoms with Gasteiger partial charge in [0.25, 0.3) is 0 Å². The van der Waals surface area contributed by atoms with Gasteiger partial charge in [0, 0.05) is 45.0 Å². The first kappa shape index (κ1) is 14.6. The molecule has 1 fully saturated rings. The third kappa shape index (κ3) is 3.10. The fraction of sp³-hybridized carbons (Fsp3) is 0.438. The van der Waals surface area contributed by atoms with Crippen molar-refractivity contribution in [1.29, 1.82) is 0 Å². The zero-order valence-corrected chi connectivity index (χ0v) is 13.2. The summed E-state index contributed by atoms with van der Waals surface area (Å²) in [5.74, 6) is 1.32. The first-order valence-electron chi connectivity index (χ1n) is 7.50. The fourth-order valence-electron chi connectivity index (χ4n) is 2.40. The molecule has 1 aliphatic carbocycles. The molecule has 6 heteroatoms. The largest absolute Gasteiger partial charge is 0.323 e. The molecule has 0 aromatic carbocycles. The van der Waals surface area contributed by atoms with Crippen LogP contribution in [0.1, 0.15) is 35.6 Å². The van der Waals surface area contributed by atoms with Crippen LogP contribution in [0.3, 0.4) is 0 Å². The molecule has 0 unspecified atom stereocenters. The van der Waals surface area contributed by atoms with Gasteiger partial charge in [0.05, 0.1) is 5.69 Å². The van der Waals surface area contributed by atoms with E-state index in [0.29, 0.717) is 12.5 Å². The van der Waals surface area contributed by atoms with E-state index in [0.717, 1.165) is 22.6 Å². The molecule has 6 nitrogen and oxygen atoms in total. The Balaban J connectivity index is 1.65. The number of aromatic nitrogens is 3. The van der Waals surface area contributed by atoms with E-state index < -0.39 is 0 Å². The Morgan fingerprint density at radius 2 is 2.27 bits per heavy atom. The van der Waals surface area contributed by atoms with Crippen LogP contribution in [0, 0.1) is 6.92 Å². The van der Waals surface area contributed by atoms with Crippen LogP contribution in [0.2, 0.25) is 0 Å².